The molecule has 0 atom stereocenters. The SMILES string of the molecule is COC(=O)Nc1ccc(NC(=O)C=Cc2c(Cl)cccc2Cl)cc1. The van der Waals surface area contributed by atoms with Gasteiger partial charge in [0.15, 0.2) is 0 Å². The van der Waals surface area contributed by atoms with Crippen molar-refractivity contribution >= 4 is 52.7 Å². The van der Waals surface area contributed by atoms with Gasteiger partial charge in [-0.2, -0.15) is 0 Å². The standard InChI is InChI=1S/C17H14Cl2N2O3/c1-24-17(23)21-12-7-5-11(6-8-12)20-16(22)10-9-13-14(18)3-2-4-15(13)19/h2-10H,1H3,(H,20,22)(H,21,23). The minimum absolute atomic E-state index is 0.334. The summed E-state index contributed by atoms with van der Waals surface area (Å²) in [7, 11) is 1.28. The van der Waals surface area contributed by atoms with E-state index in [1.807, 2.05) is 0 Å². The molecule has 2 rings (SSSR count). The zero-order valence-electron chi connectivity index (χ0n) is 12.7. The van der Waals surface area contributed by atoms with Crippen LogP contribution < -0.4 is 10.6 Å². The molecule has 2 aromatic rings. The summed E-state index contributed by atoms with van der Waals surface area (Å²) in [6, 6.07) is 11.7. The number of rotatable bonds is 4. The first-order chi connectivity index (χ1) is 11.5. The molecule has 24 heavy (non-hydrogen) atoms. The van der Waals surface area contributed by atoms with E-state index in [2.05, 4.69) is 15.4 Å². The van der Waals surface area contributed by atoms with Crippen LogP contribution in [0.3, 0.4) is 0 Å². The smallest absolute Gasteiger partial charge is 0.411 e. The van der Waals surface area contributed by atoms with Gasteiger partial charge in [-0.3, -0.25) is 10.1 Å². The van der Waals surface area contributed by atoms with Gasteiger partial charge < -0.3 is 10.1 Å². The minimum Gasteiger partial charge on any atom is -0.453 e. The summed E-state index contributed by atoms with van der Waals surface area (Å²) >= 11 is 12.1. The maximum atomic E-state index is 11.9. The van der Waals surface area contributed by atoms with Crippen molar-refractivity contribution in [2.75, 3.05) is 17.7 Å². The highest BCUT2D eigenvalue weighted by Crippen LogP contribution is 2.25. The molecule has 2 aromatic carbocycles. The van der Waals surface area contributed by atoms with Crippen molar-refractivity contribution in [3.05, 3.63) is 64.1 Å². The summed E-state index contributed by atoms with van der Waals surface area (Å²) in [6.45, 7) is 0. The number of halogens is 2. The largest absolute Gasteiger partial charge is 0.453 e. The predicted molar refractivity (Wildman–Crippen MR) is 96.6 cm³/mol. The molecule has 0 bridgehead atoms. The molecular formula is C17H14Cl2N2O3. The number of nitrogens with one attached hydrogen (secondary N) is 2. The molecule has 0 aliphatic heterocycles. The average molecular weight is 365 g/mol. The number of benzene rings is 2. The fourth-order valence-electron chi connectivity index (χ4n) is 1.82. The zero-order chi connectivity index (χ0) is 17.5. The molecule has 7 heteroatoms. The monoisotopic (exact) mass is 364 g/mol. The number of carbonyl (C=O) groups excluding carboxylic acids is 2. The van der Waals surface area contributed by atoms with Gasteiger partial charge in [-0.1, -0.05) is 29.3 Å². The second kappa shape index (κ2) is 8.38. The van der Waals surface area contributed by atoms with Gasteiger partial charge >= 0.3 is 6.09 Å². The fraction of sp³-hybridized carbons (Fsp3) is 0.0588. The van der Waals surface area contributed by atoms with Crippen LogP contribution in [-0.2, 0) is 9.53 Å². The van der Waals surface area contributed by atoms with Crippen LogP contribution in [0, 0.1) is 0 Å². The van der Waals surface area contributed by atoms with Crippen LogP contribution in [0.4, 0.5) is 16.2 Å². The van der Waals surface area contributed by atoms with Crippen LogP contribution in [0.25, 0.3) is 6.08 Å². The van der Waals surface area contributed by atoms with Crippen molar-refractivity contribution in [2.45, 2.75) is 0 Å². The quantitative estimate of drug-likeness (QED) is 0.763. The predicted octanol–water partition coefficient (Wildman–Crippen LogP) is 4.82. The Labute approximate surface area is 149 Å². The summed E-state index contributed by atoms with van der Waals surface area (Å²) in [5, 5.41) is 6.13. The van der Waals surface area contributed by atoms with Gasteiger partial charge in [0.25, 0.3) is 0 Å². The van der Waals surface area contributed by atoms with Gasteiger partial charge in [-0.05, 0) is 42.5 Å². The second-order valence-corrected chi connectivity index (χ2v) is 5.47. The van der Waals surface area contributed by atoms with Crippen LogP contribution in [0.1, 0.15) is 5.56 Å². The third-order valence-corrected chi connectivity index (χ3v) is 3.64. The lowest BCUT2D eigenvalue weighted by Gasteiger charge is -2.06. The maximum Gasteiger partial charge on any atom is 0.411 e. The van der Waals surface area contributed by atoms with E-state index in [0.29, 0.717) is 27.0 Å². The van der Waals surface area contributed by atoms with Crippen LogP contribution in [0.15, 0.2) is 48.5 Å². The molecule has 0 heterocycles. The lowest BCUT2D eigenvalue weighted by molar-refractivity contribution is -0.111. The van der Waals surface area contributed by atoms with Crippen molar-refractivity contribution < 1.29 is 14.3 Å². The van der Waals surface area contributed by atoms with Crippen molar-refractivity contribution in [2.24, 2.45) is 0 Å². The lowest BCUT2D eigenvalue weighted by atomic mass is 10.2. The summed E-state index contributed by atoms with van der Waals surface area (Å²) < 4.78 is 4.49. The number of amides is 2. The molecule has 124 valence electrons. The Kier molecular flexibility index (Phi) is 6.23. The Morgan fingerprint density at radius 1 is 0.958 bits per heavy atom. The third-order valence-electron chi connectivity index (χ3n) is 2.99. The van der Waals surface area contributed by atoms with Crippen LogP contribution >= 0.6 is 23.2 Å². The normalized spacial score (nSPS) is 10.5. The van der Waals surface area contributed by atoms with E-state index in [9.17, 15) is 9.59 Å². The molecule has 0 aromatic heterocycles. The van der Waals surface area contributed by atoms with Crippen LogP contribution in [-0.4, -0.2) is 19.1 Å². The Balaban J connectivity index is 1.99. The van der Waals surface area contributed by atoms with Gasteiger partial charge in [0.05, 0.1) is 7.11 Å². The van der Waals surface area contributed by atoms with Gasteiger partial charge in [-0.25, -0.2) is 4.79 Å². The van der Waals surface area contributed by atoms with E-state index in [4.69, 9.17) is 23.2 Å². The van der Waals surface area contributed by atoms with Crippen LogP contribution in [0.5, 0.6) is 0 Å². The first-order valence-electron chi connectivity index (χ1n) is 6.87. The summed E-state index contributed by atoms with van der Waals surface area (Å²) in [5.74, 6) is -0.334. The van der Waals surface area contributed by atoms with E-state index in [0.717, 1.165) is 0 Å². The molecule has 0 aliphatic rings. The number of hydrogen-bond acceptors (Lipinski definition) is 3. The molecule has 0 radical (unpaired) electrons. The molecule has 2 amide bonds. The molecule has 5 nitrogen and oxygen atoms in total. The maximum absolute atomic E-state index is 11.9. The minimum atomic E-state index is -0.564. The first-order valence-corrected chi connectivity index (χ1v) is 7.63. The van der Waals surface area contributed by atoms with E-state index < -0.39 is 6.09 Å². The third kappa shape index (κ3) is 5.01. The number of carbonyl (C=O) groups is 2. The van der Waals surface area contributed by atoms with E-state index >= 15 is 0 Å². The highest BCUT2D eigenvalue weighted by molar-refractivity contribution is 6.37. The molecule has 0 fully saturated rings. The number of ether oxygens (including phenoxy) is 1. The summed E-state index contributed by atoms with van der Waals surface area (Å²) in [6.07, 6.45) is 2.33. The van der Waals surface area contributed by atoms with Crippen molar-refractivity contribution in [3.63, 3.8) is 0 Å². The van der Waals surface area contributed by atoms with Gasteiger partial charge in [-0.15, -0.1) is 0 Å². The van der Waals surface area contributed by atoms with Crippen LogP contribution in [0.2, 0.25) is 10.0 Å². The van der Waals surface area contributed by atoms with E-state index in [1.165, 1.54) is 13.2 Å². The molecule has 2 N–H and O–H groups in total. The lowest BCUT2D eigenvalue weighted by Crippen LogP contribution is -2.11. The van der Waals surface area contributed by atoms with Crippen molar-refractivity contribution in [3.8, 4) is 0 Å². The van der Waals surface area contributed by atoms with Gasteiger partial charge in [0.1, 0.15) is 0 Å². The average Bonchev–Trinajstić information content (AvgIpc) is 2.56. The van der Waals surface area contributed by atoms with E-state index in [-0.39, 0.29) is 5.91 Å². The van der Waals surface area contributed by atoms with Crippen molar-refractivity contribution in [1.82, 2.24) is 0 Å². The Morgan fingerprint density at radius 3 is 2.04 bits per heavy atom. The Morgan fingerprint density at radius 2 is 1.50 bits per heavy atom. The topological polar surface area (TPSA) is 67.4 Å². The Bertz CT molecular complexity index is 754. The fourth-order valence-corrected chi connectivity index (χ4v) is 2.34. The summed E-state index contributed by atoms with van der Waals surface area (Å²) in [4.78, 5) is 23.0. The second-order valence-electron chi connectivity index (χ2n) is 4.65. The molecule has 0 saturated carbocycles. The van der Waals surface area contributed by atoms with Crippen molar-refractivity contribution in [1.29, 1.82) is 0 Å². The molecule has 0 spiro atoms. The van der Waals surface area contributed by atoms with Gasteiger partial charge in [0.2, 0.25) is 5.91 Å². The molecule has 0 saturated heterocycles. The van der Waals surface area contributed by atoms with Gasteiger partial charge in [0, 0.05) is 33.1 Å². The molecule has 0 unspecified atom stereocenters. The number of anilines is 2. The van der Waals surface area contributed by atoms with E-state index in [1.54, 1.807) is 48.5 Å². The highest BCUT2D eigenvalue weighted by atomic mass is 35.5. The zero-order valence-corrected chi connectivity index (χ0v) is 14.2. The number of methoxy groups -OCH3 is 1. The Hall–Kier alpha value is -2.50. The summed E-state index contributed by atoms with van der Waals surface area (Å²) in [5.41, 5.74) is 1.71. The number of hydrogen-bond donors (Lipinski definition) is 2. The molecular weight excluding hydrogens is 351 g/mol. The first kappa shape index (κ1) is 17.8. The highest BCUT2D eigenvalue weighted by Gasteiger charge is 2.04. The molecule has 0 aliphatic carbocycles.